The van der Waals surface area contributed by atoms with Crippen LogP contribution in [0.1, 0.15) is 31.2 Å². The summed E-state index contributed by atoms with van der Waals surface area (Å²) in [5.74, 6) is 0.317. The van der Waals surface area contributed by atoms with E-state index in [-0.39, 0.29) is 5.82 Å². The van der Waals surface area contributed by atoms with Crippen LogP contribution in [0.5, 0.6) is 0 Å². The zero-order valence-corrected chi connectivity index (χ0v) is 13.1. The molecule has 1 aliphatic rings. The van der Waals surface area contributed by atoms with Crippen molar-refractivity contribution in [2.75, 3.05) is 13.1 Å². The minimum atomic E-state index is -0.251. The average Bonchev–Trinajstić information content (AvgIpc) is 2.66. The number of likely N-dealkylation sites (tertiary alicyclic amines) is 1. The summed E-state index contributed by atoms with van der Waals surface area (Å²) in [5, 5.41) is 0.432. The fraction of sp³-hybridized carbons (Fsp3) is 0.500. The third-order valence-electron chi connectivity index (χ3n) is 3.23. The van der Waals surface area contributed by atoms with Crippen LogP contribution in [-0.4, -0.2) is 22.3 Å². The fourth-order valence-corrected chi connectivity index (χ4v) is 3.52. The maximum absolute atomic E-state index is 13.7. The molecule has 0 radical (unpaired) electrons. The molecule has 0 spiro atoms. The SMILES string of the molecule is Fc1cc(Cl)ccc1CSC(=S)N1CCCCCC1. The number of thiocarbonyl (C=S) groups is 1. The highest BCUT2D eigenvalue weighted by atomic mass is 35.5. The molecule has 1 nitrogen and oxygen atoms in total. The number of nitrogens with zero attached hydrogens (tertiary/aromatic N) is 1. The molecule has 0 unspecified atom stereocenters. The Balaban J connectivity index is 1.88. The van der Waals surface area contributed by atoms with E-state index in [9.17, 15) is 4.39 Å². The van der Waals surface area contributed by atoms with Crippen molar-refractivity contribution in [3.8, 4) is 0 Å². The van der Waals surface area contributed by atoms with Gasteiger partial charge < -0.3 is 4.90 Å². The summed E-state index contributed by atoms with van der Waals surface area (Å²) in [6, 6.07) is 4.80. The second-order valence-corrected chi connectivity index (χ2v) is 6.74. The standard InChI is InChI=1S/C14H17ClFNS2/c15-12-6-5-11(13(16)9-12)10-19-14(18)17-7-3-1-2-4-8-17/h5-6,9H,1-4,7-8,10H2. The lowest BCUT2D eigenvalue weighted by Crippen LogP contribution is -2.28. The van der Waals surface area contributed by atoms with E-state index in [0.717, 1.165) is 17.4 Å². The highest BCUT2D eigenvalue weighted by Gasteiger charge is 2.13. The van der Waals surface area contributed by atoms with Gasteiger partial charge in [-0.2, -0.15) is 0 Å². The first-order valence-corrected chi connectivity index (χ1v) is 8.29. The summed E-state index contributed by atoms with van der Waals surface area (Å²) in [5.41, 5.74) is 0.659. The Morgan fingerprint density at radius 3 is 2.58 bits per heavy atom. The molecule has 19 heavy (non-hydrogen) atoms. The Labute approximate surface area is 128 Å². The summed E-state index contributed by atoms with van der Waals surface area (Å²) < 4.78 is 14.5. The smallest absolute Gasteiger partial charge is 0.136 e. The van der Waals surface area contributed by atoms with Crippen molar-refractivity contribution >= 4 is 39.9 Å². The van der Waals surface area contributed by atoms with Crippen molar-refractivity contribution in [1.82, 2.24) is 4.90 Å². The summed E-state index contributed by atoms with van der Waals surface area (Å²) in [6.07, 6.45) is 4.98. The van der Waals surface area contributed by atoms with Gasteiger partial charge in [0.1, 0.15) is 10.1 Å². The molecule has 0 N–H and O–H groups in total. The normalized spacial score (nSPS) is 16.2. The monoisotopic (exact) mass is 317 g/mol. The lowest BCUT2D eigenvalue weighted by Gasteiger charge is -2.22. The van der Waals surface area contributed by atoms with Crippen molar-refractivity contribution in [1.29, 1.82) is 0 Å². The Bertz CT molecular complexity index is 445. The zero-order valence-electron chi connectivity index (χ0n) is 10.7. The Morgan fingerprint density at radius 2 is 1.95 bits per heavy atom. The van der Waals surface area contributed by atoms with E-state index in [4.69, 9.17) is 23.8 Å². The topological polar surface area (TPSA) is 3.24 Å². The lowest BCUT2D eigenvalue weighted by molar-refractivity contribution is 0.450. The van der Waals surface area contributed by atoms with Crippen LogP contribution < -0.4 is 0 Å². The highest BCUT2D eigenvalue weighted by Crippen LogP contribution is 2.23. The molecule has 0 amide bonds. The maximum Gasteiger partial charge on any atom is 0.136 e. The molecule has 2 rings (SSSR count). The van der Waals surface area contributed by atoms with Crippen LogP contribution in [0.25, 0.3) is 0 Å². The Morgan fingerprint density at radius 1 is 1.26 bits per heavy atom. The van der Waals surface area contributed by atoms with Gasteiger partial charge in [0.25, 0.3) is 0 Å². The Hall–Kier alpha value is -0.320. The third-order valence-corrected chi connectivity index (χ3v) is 5.04. The van der Waals surface area contributed by atoms with Gasteiger partial charge in [-0.25, -0.2) is 4.39 Å². The molecule has 0 aromatic heterocycles. The van der Waals surface area contributed by atoms with Gasteiger partial charge in [-0.05, 0) is 30.5 Å². The van der Waals surface area contributed by atoms with E-state index < -0.39 is 0 Å². The first-order valence-electron chi connectivity index (χ1n) is 6.52. The first kappa shape index (κ1) is 15.1. The minimum absolute atomic E-state index is 0.251. The summed E-state index contributed by atoms with van der Waals surface area (Å²) in [7, 11) is 0. The van der Waals surface area contributed by atoms with Gasteiger partial charge >= 0.3 is 0 Å². The van der Waals surface area contributed by atoms with Crippen LogP contribution in [-0.2, 0) is 5.75 Å². The molecule has 0 saturated carbocycles. The van der Waals surface area contributed by atoms with Crippen LogP contribution in [0, 0.1) is 5.82 Å². The number of benzene rings is 1. The third kappa shape index (κ3) is 4.62. The second kappa shape index (κ2) is 7.46. The number of hydrogen-bond donors (Lipinski definition) is 0. The van der Waals surface area contributed by atoms with E-state index >= 15 is 0 Å². The van der Waals surface area contributed by atoms with Crippen LogP contribution in [0.2, 0.25) is 5.02 Å². The van der Waals surface area contributed by atoms with Gasteiger partial charge in [0.05, 0.1) is 0 Å². The van der Waals surface area contributed by atoms with Crippen LogP contribution >= 0.6 is 35.6 Å². The number of thioether (sulfide) groups is 1. The molecule has 0 atom stereocenters. The van der Waals surface area contributed by atoms with E-state index in [1.165, 1.54) is 43.5 Å². The van der Waals surface area contributed by atoms with E-state index in [2.05, 4.69) is 4.90 Å². The zero-order chi connectivity index (χ0) is 13.7. The molecule has 0 bridgehead atoms. The molecule has 5 heteroatoms. The summed E-state index contributed by atoms with van der Waals surface area (Å²) >= 11 is 12.7. The van der Waals surface area contributed by atoms with Gasteiger partial charge in [-0.15, -0.1) is 0 Å². The van der Waals surface area contributed by atoms with Crippen molar-refractivity contribution < 1.29 is 4.39 Å². The second-order valence-electron chi connectivity index (χ2n) is 4.69. The van der Waals surface area contributed by atoms with E-state index in [0.29, 0.717) is 16.3 Å². The molecule has 104 valence electrons. The molecule has 1 aliphatic heterocycles. The van der Waals surface area contributed by atoms with Crippen LogP contribution in [0.4, 0.5) is 4.39 Å². The van der Waals surface area contributed by atoms with Gasteiger partial charge in [-0.3, -0.25) is 0 Å². The lowest BCUT2D eigenvalue weighted by atomic mass is 10.2. The van der Waals surface area contributed by atoms with Crippen molar-refractivity contribution in [3.05, 3.63) is 34.6 Å². The molecular formula is C14H17ClFNS2. The average molecular weight is 318 g/mol. The number of rotatable bonds is 2. The number of halogens is 2. The van der Waals surface area contributed by atoms with Crippen molar-refractivity contribution in [2.24, 2.45) is 0 Å². The molecular weight excluding hydrogens is 301 g/mol. The quantitative estimate of drug-likeness (QED) is 0.716. The molecule has 1 heterocycles. The molecule has 0 aliphatic carbocycles. The largest absolute Gasteiger partial charge is 0.358 e. The van der Waals surface area contributed by atoms with Crippen LogP contribution in [0.3, 0.4) is 0 Å². The van der Waals surface area contributed by atoms with Gasteiger partial charge in [0, 0.05) is 23.9 Å². The predicted molar refractivity (Wildman–Crippen MR) is 85.3 cm³/mol. The number of hydrogen-bond acceptors (Lipinski definition) is 2. The van der Waals surface area contributed by atoms with E-state index in [1.807, 2.05) is 0 Å². The van der Waals surface area contributed by atoms with Gasteiger partial charge in [-0.1, -0.05) is 54.5 Å². The van der Waals surface area contributed by atoms with Gasteiger partial charge in [0.15, 0.2) is 0 Å². The molecule has 1 aromatic rings. The Kier molecular flexibility index (Phi) is 5.92. The molecule has 1 saturated heterocycles. The van der Waals surface area contributed by atoms with Gasteiger partial charge in [0.2, 0.25) is 0 Å². The van der Waals surface area contributed by atoms with E-state index in [1.54, 1.807) is 12.1 Å². The summed E-state index contributed by atoms with van der Waals surface area (Å²) in [4.78, 5) is 2.25. The predicted octanol–water partition coefficient (Wildman–Crippen LogP) is 4.87. The molecule has 1 fully saturated rings. The highest BCUT2D eigenvalue weighted by molar-refractivity contribution is 8.22. The summed E-state index contributed by atoms with van der Waals surface area (Å²) in [6.45, 7) is 2.07. The minimum Gasteiger partial charge on any atom is -0.358 e. The maximum atomic E-state index is 13.7. The first-order chi connectivity index (χ1) is 9.16. The van der Waals surface area contributed by atoms with Crippen molar-refractivity contribution in [2.45, 2.75) is 31.4 Å². The fourth-order valence-electron chi connectivity index (χ4n) is 2.12. The van der Waals surface area contributed by atoms with Crippen LogP contribution in [0.15, 0.2) is 18.2 Å². The molecule has 1 aromatic carbocycles. The van der Waals surface area contributed by atoms with Crippen molar-refractivity contribution in [3.63, 3.8) is 0 Å².